The Balaban J connectivity index is 1.35. The van der Waals surface area contributed by atoms with Crippen molar-refractivity contribution in [3.63, 3.8) is 0 Å². The Bertz CT molecular complexity index is 1180. The second-order valence-electron chi connectivity index (χ2n) is 11.2. The van der Waals surface area contributed by atoms with E-state index in [9.17, 15) is 31.9 Å². The van der Waals surface area contributed by atoms with Gasteiger partial charge >= 0.3 is 18.1 Å². The summed E-state index contributed by atoms with van der Waals surface area (Å²) in [5.74, 6) is -3.63. The molecule has 0 spiro atoms. The predicted octanol–water partition coefficient (Wildman–Crippen LogP) is 6.59. The third-order valence-corrected chi connectivity index (χ3v) is 7.93. The molecule has 2 aliphatic rings. The Morgan fingerprint density at radius 3 is 2.37 bits per heavy atom. The molecule has 11 heteroatoms. The van der Waals surface area contributed by atoms with E-state index in [1.807, 2.05) is 24.3 Å². The van der Waals surface area contributed by atoms with E-state index in [0.29, 0.717) is 36.9 Å². The highest BCUT2D eigenvalue weighted by molar-refractivity contribution is 5.68. The summed E-state index contributed by atoms with van der Waals surface area (Å²) in [6, 6.07) is 12.9. The van der Waals surface area contributed by atoms with Crippen molar-refractivity contribution in [2.24, 2.45) is 11.8 Å². The number of ether oxygens (including phenoxy) is 2. The quantitative estimate of drug-likeness (QED) is 0.268. The van der Waals surface area contributed by atoms with E-state index in [1.165, 1.54) is 14.2 Å². The second-order valence-corrected chi connectivity index (χ2v) is 11.2. The summed E-state index contributed by atoms with van der Waals surface area (Å²) in [4.78, 5) is 14.4. The van der Waals surface area contributed by atoms with Crippen LogP contribution in [-0.2, 0) is 11.3 Å². The molecule has 226 valence electrons. The van der Waals surface area contributed by atoms with Crippen molar-refractivity contribution in [2.45, 2.75) is 56.7 Å². The van der Waals surface area contributed by atoms with Crippen LogP contribution in [0.1, 0.15) is 49.1 Å². The number of hydrogen-bond donors (Lipinski definition) is 1. The van der Waals surface area contributed by atoms with E-state index >= 15 is 0 Å². The molecule has 1 heterocycles. The molecule has 0 aromatic heterocycles. The van der Waals surface area contributed by atoms with Crippen molar-refractivity contribution in [1.29, 1.82) is 0 Å². The maximum atomic E-state index is 13.6. The number of piperidine rings is 1. The predicted molar refractivity (Wildman–Crippen MR) is 145 cm³/mol. The normalized spacial score (nSPS) is 17.5. The number of nitrogens with zero attached hydrogens (tertiary/aromatic N) is 2. The number of rotatable bonds is 13. The van der Waals surface area contributed by atoms with E-state index in [0.717, 1.165) is 47.6 Å². The summed E-state index contributed by atoms with van der Waals surface area (Å²) < 4.78 is 76.8. The number of hydrogen-bond acceptors (Lipinski definition) is 5. The molecule has 2 aromatic rings. The summed E-state index contributed by atoms with van der Waals surface area (Å²) in [5, 5.41) is 9.32. The number of benzene rings is 2. The Kier molecular flexibility index (Phi) is 9.66. The highest BCUT2D eigenvalue weighted by Gasteiger charge is 2.57. The Morgan fingerprint density at radius 2 is 1.76 bits per heavy atom. The van der Waals surface area contributed by atoms with Gasteiger partial charge in [0.2, 0.25) is 0 Å². The van der Waals surface area contributed by atoms with Crippen LogP contribution in [0.2, 0.25) is 0 Å². The molecule has 2 aromatic carbocycles. The molecule has 1 atom stereocenters. The van der Waals surface area contributed by atoms with Gasteiger partial charge in [-0.2, -0.15) is 22.0 Å². The molecule has 41 heavy (non-hydrogen) atoms. The van der Waals surface area contributed by atoms with Crippen molar-refractivity contribution < 1.29 is 41.3 Å². The molecule has 1 saturated carbocycles. The lowest BCUT2D eigenvalue weighted by Gasteiger charge is -2.35. The highest BCUT2D eigenvalue weighted by Crippen LogP contribution is 2.45. The van der Waals surface area contributed by atoms with Gasteiger partial charge in [-0.25, -0.2) is 0 Å². The van der Waals surface area contributed by atoms with E-state index < -0.39 is 24.6 Å². The maximum Gasteiger partial charge on any atom is 0.454 e. The SMILES string of the molecule is COc1ccc(CN(C)CC(F)(F)C(F)(F)F)c(N2CCC(COc3cccc(C(CC(=O)O)C4CC4)c3)CC2)c1. The van der Waals surface area contributed by atoms with Crippen LogP contribution in [0.3, 0.4) is 0 Å². The molecule has 6 nitrogen and oxygen atoms in total. The van der Waals surface area contributed by atoms with Gasteiger partial charge in [-0.1, -0.05) is 18.2 Å². The van der Waals surface area contributed by atoms with Gasteiger partial charge in [-0.05, 0) is 79.8 Å². The molecule has 1 unspecified atom stereocenters. The van der Waals surface area contributed by atoms with E-state index in [1.54, 1.807) is 18.2 Å². The molecular formula is C30H37F5N2O4. The fourth-order valence-corrected chi connectivity index (χ4v) is 5.51. The van der Waals surface area contributed by atoms with Crippen molar-refractivity contribution in [1.82, 2.24) is 4.90 Å². The van der Waals surface area contributed by atoms with Gasteiger partial charge in [-0.15, -0.1) is 0 Å². The Morgan fingerprint density at radius 1 is 1.05 bits per heavy atom. The van der Waals surface area contributed by atoms with E-state index in [2.05, 4.69) is 4.90 Å². The van der Waals surface area contributed by atoms with Crippen LogP contribution in [0, 0.1) is 11.8 Å². The van der Waals surface area contributed by atoms with Gasteiger partial charge in [0.05, 0.1) is 26.7 Å². The van der Waals surface area contributed by atoms with Crippen LogP contribution in [0.4, 0.5) is 27.6 Å². The minimum absolute atomic E-state index is 0.00455. The zero-order valence-corrected chi connectivity index (χ0v) is 23.3. The molecule has 2 fully saturated rings. The fraction of sp³-hybridized carbons (Fsp3) is 0.567. The zero-order valence-electron chi connectivity index (χ0n) is 23.3. The molecule has 0 amide bonds. The number of methoxy groups -OCH3 is 1. The van der Waals surface area contributed by atoms with Gasteiger partial charge < -0.3 is 19.5 Å². The van der Waals surface area contributed by atoms with E-state index in [4.69, 9.17) is 9.47 Å². The zero-order chi connectivity index (χ0) is 29.8. The Hall–Kier alpha value is -3.08. The molecule has 1 aliphatic heterocycles. The summed E-state index contributed by atoms with van der Waals surface area (Å²) in [7, 11) is 2.77. The van der Waals surface area contributed by atoms with Gasteiger partial charge in [0, 0.05) is 31.4 Å². The monoisotopic (exact) mass is 584 g/mol. The molecule has 1 aliphatic carbocycles. The number of anilines is 1. The van der Waals surface area contributed by atoms with Crippen LogP contribution < -0.4 is 14.4 Å². The number of halogens is 5. The standard InChI is InChI=1S/C30H37F5N2O4/c1-36(19-29(31,32)30(33,34)35)17-23-8-9-24(40-2)15-27(23)37-12-10-20(11-13-37)18-41-25-5-3-4-22(14-25)26(16-28(38)39)21-6-7-21/h3-5,8-9,14-15,20-21,26H,6-7,10-13,16-19H2,1-2H3,(H,38,39). The van der Waals surface area contributed by atoms with Gasteiger partial charge in [0.15, 0.2) is 0 Å². The number of aliphatic carboxylic acids is 1. The van der Waals surface area contributed by atoms with Crippen molar-refractivity contribution in [3.8, 4) is 11.5 Å². The molecular weight excluding hydrogens is 547 g/mol. The summed E-state index contributed by atoms with van der Waals surface area (Å²) in [6.45, 7) is 0.330. The first kappa shape index (κ1) is 30.9. The van der Waals surface area contributed by atoms with Crippen LogP contribution >= 0.6 is 0 Å². The van der Waals surface area contributed by atoms with Crippen LogP contribution in [-0.4, -0.2) is 68.5 Å². The van der Waals surface area contributed by atoms with Crippen molar-refractivity contribution in [2.75, 3.05) is 45.3 Å². The second kappa shape index (κ2) is 12.8. The topological polar surface area (TPSA) is 62.2 Å². The van der Waals surface area contributed by atoms with Crippen LogP contribution in [0.25, 0.3) is 0 Å². The minimum atomic E-state index is -5.60. The third kappa shape index (κ3) is 8.24. The van der Waals surface area contributed by atoms with Crippen molar-refractivity contribution >= 4 is 11.7 Å². The molecule has 0 bridgehead atoms. The minimum Gasteiger partial charge on any atom is -0.497 e. The number of carboxylic acid groups (broad SMARTS) is 1. The summed E-state index contributed by atoms with van der Waals surface area (Å²) >= 11 is 0. The number of carboxylic acids is 1. The van der Waals surface area contributed by atoms with Gasteiger partial charge in [0.1, 0.15) is 11.5 Å². The number of alkyl halides is 5. The first-order valence-electron chi connectivity index (χ1n) is 13.9. The lowest BCUT2D eigenvalue weighted by atomic mass is 9.91. The van der Waals surface area contributed by atoms with E-state index in [-0.39, 0.29) is 24.8 Å². The molecule has 1 saturated heterocycles. The molecule has 4 rings (SSSR count). The largest absolute Gasteiger partial charge is 0.497 e. The van der Waals surface area contributed by atoms with Crippen LogP contribution in [0.15, 0.2) is 42.5 Å². The lowest BCUT2D eigenvalue weighted by Crippen LogP contribution is -2.45. The third-order valence-electron chi connectivity index (χ3n) is 7.93. The number of carbonyl (C=O) groups is 1. The smallest absolute Gasteiger partial charge is 0.454 e. The van der Waals surface area contributed by atoms with Gasteiger partial charge in [0.25, 0.3) is 0 Å². The highest BCUT2D eigenvalue weighted by atomic mass is 19.4. The lowest BCUT2D eigenvalue weighted by molar-refractivity contribution is -0.286. The molecule has 1 N–H and O–H groups in total. The maximum absolute atomic E-state index is 13.6. The first-order valence-corrected chi connectivity index (χ1v) is 13.9. The summed E-state index contributed by atoms with van der Waals surface area (Å²) in [6.07, 6.45) is -1.78. The van der Waals surface area contributed by atoms with Crippen molar-refractivity contribution in [3.05, 3.63) is 53.6 Å². The average Bonchev–Trinajstić information content (AvgIpc) is 3.76. The summed E-state index contributed by atoms with van der Waals surface area (Å²) in [5.41, 5.74) is 2.39. The van der Waals surface area contributed by atoms with Crippen LogP contribution in [0.5, 0.6) is 11.5 Å². The molecule has 0 radical (unpaired) electrons. The van der Waals surface area contributed by atoms with Gasteiger partial charge in [-0.3, -0.25) is 9.69 Å². The fourth-order valence-electron chi connectivity index (χ4n) is 5.51. The first-order chi connectivity index (χ1) is 19.4. The Labute approximate surface area is 237 Å². The average molecular weight is 585 g/mol.